The van der Waals surface area contributed by atoms with Crippen LogP contribution in [-0.4, -0.2) is 51.5 Å². The van der Waals surface area contributed by atoms with E-state index in [1.54, 1.807) is 18.3 Å². The van der Waals surface area contributed by atoms with Gasteiger partial charge >= 0.3 is 0 Å². The zero-order valence-electron chi connectivity index (χ0n) is 21.9. The van der Waals surface area contributed by atoms with E-state index in [0.717, 1.165) is 42.7 Å². The van der Waals surface area contributed by atoms with Crippen LogP contribution in [0.2, 0.25) is 0 Å². The van der Waals surface area contributed by atoms with Crippen molar-refractivity contribution in [3.8, 4) is 0 Å². The number of aromatic nitrogens is 1. The largest absolute Gasteiger partial charge is 0.393 e. The lowest BCUT2D eigenvalue weighted by atomic mass is 9.46. The first-order valence-electron chi connectivity index (χ1n) is 13.8. The monoisotopic (exact) mass is 523 g/mol. The van der Waals surface area contributed by atoms with Crippen LogP contribution in [0.15, 0.2) is 53.2 Å². The van der Waals surface area contributed by atoms with E-state index < -0.39 is 23.4 Å². The number of ether oxygens (including phenoxy) is 2. The third kappa shape index (κ3) is 3.68. The molecule has 6 rings (SSSR count). The summed E-state index contributed by atoms with van der Waals surface area (Å²) >= 11 is 1.44. The molecule has 6 unspecified atom stereocenters. The first-order valence-corrected chi connectivity index (χ1v) is 14.7. The highest BCUT2D eigenvalue weighted by molar-refractivity contribution is 7.99. The van der Waals surface area contributed by atoms with Crippen LogP contribution in [0.25, 0.3) is 0 Å². The van der Waals surface area contributed by atoms with E-state index in [1.807, 2.05) is 24.3 Å². The summed E-state index contributed by atoms with van der Waals surface area (Å²) in [6, 6.07) is 5.72. The predicted octanol–water partition coefficient (Wildman–Crippen LogP) is 4.91. The molecule has 9 atom stereocenters. The number of allylic oxidation sites excluding steroid dienone is 4. The Bertz CT molecular complexity index is 1150. The van der Waals surface area contributed by atoms with Crippen molar-refractivity contribution in [3.05, 3.63) is 48.2 Å². The number of nitrogens with zero attached hydrogens (tertiary/aromatic N) is 1. The van der Waals surface area contributed by atoms with Crippen molar-refractivity contribution in [1.29, 1.82) is 0 Å². The van der Waals surface area contributed by atoms with Crippen molar-refractivity contribution in [2.75, 3.05) is 5.75 Å². The molecule has 0 spiro atoms. The quantitative estimate of drug-likeness (QED) is 0.530. The van der Waals surface area contributed by atoms with Crippen LogP contribution in [0.3, 0.4) is 0 Å². The van der Waals surface area contributed by atoms with Crippen LogP contribution in [0.4, 0.5) is 0 Å². The number of carbonyl (C=O) groups is 2. The Balaban J connectivity index is 1.35. The number of thioether (sulfide) groups is 1. The zero-order valence-corrected chi connectivity index (χ0v) is 22.7. The van der Waals surface area contributed by atoms with Crippen molar-refractivity contribution >= 4 is 23.3 Å². The Kier molecular flexibility index (Phi) is 6.30. The Hall–Kier alpha value is -1.80. The minimum atomic E-state index is -1.07. The van der Waals surface area contributed by atoms with Gasteiger partial charge in [-0.1, -0.05) is 56.7 Å². The molecule has 1 saturated heterocycles. The molecule has 5 aliphatic rings. The number of rotatable bonds is 6. The summed E-state index contributed by atoms with van der Waals surface area (Å²) in [5, 5.41) is 12.6. The molecule has 1 aliphatic heterocycles. The number of aliphatic hydroxyl groups is 1. The molecular formula is C30H37NO5S. The molecular weight excluding hydrogens is 486 g/mol. The molecule has 0 bridgehead atoms. The van der Waals surface area contributed by atoms with E-state index in [-0.39, 0.29) is 46.6 Å². The molecule has 1 aromatic heterocycles. The van der Waals surface area contributed by atoms with Gasteiger partial charge in [0.25, 0.3) is 0 Å². The third-order valence-electron chi connectivity index (χ3n) is 10.2. The Morgan fingerprint density at radius 1 is 1.30 bits per heavy atom. The fourth-order valence-electron chi connectivity index (χ4n) is 8.68. The van der Waals surface area contributed by atoms with E-state index in [2.05, 4.69) is 25.8 Å². The zero-order chi connectivity index (χ0) is 26.0. The standard InChI is InChI=1S/C30H37NO5S/c1-4-7-26-35-24-15-21-20-10-9-18-14-19(32)11-12-28(18,2)27(20)22(33)16-29(21,3)30(24,36-26)23(34)17-37-25-8-5-6-13-31-25/h5-6,8,11-14,20-22,24,26-27,33H,4,7,9-10,15-17H2,1-3H3/t20?,21?,22-,24+,26?,27?,28?,29?,30-/m0/s1. The number of hydrogen-bond acceptors (Lipinski definition) is 7. The molecule has 2 heterocycles. The number of Topliss-reactive ketones (excluding diaryl/α,β-unsaturated/α-hetero) is 1. The molecule has 0 aromatic carbocycles. The highest BCUT2D eigenvalue weighted by Gasteiger charge is 2.75. The average Bonchev–Trinajstić information content (AvgIpc) is 3.35. The van der Waals surface area contributed by atoms with Gasteiger partial charge < -0.3 is 14.6 Å². The molecule has 1 N–H and O–H groups in total. The fraction of sp³-hybridized carbons (Fsp3) is 0.633. The van der Waals surface area contributed by atoms with Crippen LogP contribution in [0, 0.1) is 28.6 Å². The van der Waals surface area contributed by atoms with Crippen molar-refractivity contribution in [1.82, 2.24) is 4.98 Å². The van der Waals surface area contributed by atoms with Gasteiger partial charge in [0.1, 0.15) is 0 Å². The van der Waals surface area contributed by atoms with Crippen LogP contribution in [0.1, 0.15) is 59.3 Å². The molecule has 0 radical (unpaired) electrons. The van der Waals surface area contributed by atoms with Crippen molar-refractivity contribution in [2.45, 2.75) is 88.4 Å². The normalized spacial score (nSPS) is 44.0. The van der Waals surface area contributed by atoms with Gasteiger partial charge in [0.2, 0.25) is 0 Å². The molecule has 4 fully saturated rings. The number of pyridine rings is 1. The molecule has 4 aliphatic carbocycles. The predicted molar refractivity (Wildman–Crippen MR) is 141 cm³/mol. The number of hydrogen-bond donors (Lipinski definition) is 1. The third-order valence-corrected chi connectivity index (χ3v) is 11.2. The maximum Gasteiger partial charge on any atom is 0.178 e. The van der Waals surface area contributed by atoms with Crippen molar-refractivity contribution < 1.29 is 24.2 Å². The van der Waals surface area contributed by atoms with Gasteiger partial charge in [0.05, 0.1) is 23.0 Å². The maximum absolute atomic E-state index is 14.2. The lowest BCUT2D eigenvalue weighted by Crippen LogP contribution is -2.63. The second-order valence-electron chi connectivity index (χ2n) is 12.0. The first kappa shape index (κ1) is 25.5. The minimum absolute atomic E-state index is 0.00948. The summed E-state index contributed by atoms with van der Waals surface area (Å²) in [4.78, 5) is 30.7. The van der Waals surface area contributed by atoms with E-state index >= 15 is 0 Å². The molecule has 3 saturated carbocycles. The summed E-state index contributed by atoms with van der Waals surface area (Å²) in [6.45, 7) is 6.45. The van der Waals surface area contributed by atoms with Gasteiger partial charge in [-0.2, -0.15) is 0 Å². The smallest absolute Gasteiger partial charge is 0.178 e. The average molecular weight is 524 g/mol. The van der Waals surface area contributed by atoms with Gasteiger partial charge in [-0.25, -0.2) is 4.98 Å². The SMILES string of the molecule is CCCC1O[C@@H]2CC3C4CCC5=CC(=O)C=CC5(C)C4[C@@H](O)CC3(C)[C@@]2(C(=O)CSc2ccccn2)O1. The van der Waals surface area contributed by atoms with Crippen LogP contribution >= 0.6 is 11.8 Å². The molecule has 7 heteroatoms. The van der Waals surface area contributed by atoms with Gasteiger partial charge in [-0.15, -0.1) is 0 Å². The lowest BCUT2D eigenvalue weighted by molar-refractivity contribution is -0.197. The Morgan fingerprint density at radius 3 is 2.89 bits per heavy atom. The van der Waals surface area contributed by atoms with E-state index in [0.29, 0.717) is 6.42 Å². The number of fused-ring (bicyclic) bond motifs is 7. The molecule has 37 heavy (non-hydrogen) atoms. The Labute approximate surface area is 223 Å². The lowest BCUT2D eigenvalue weighted by Gasteiger charge is -2.59. The fourth-order valence-corrected chi connectivity index (χ4v) is 9.49. The van der Waals surface area contributed by atoms with Gasteiger partial charge in [0.15, 0.2) is 23.5 Å². The molecule has 198 valence electrons. The maximum atomic E-state index is 14.2. The summed E-state index contributed by atoms with van der Waals surface area (Å²) in [6.07, 6.45) is 10.6. The van der Waals surface area contributed by atoms with E-state index in [9.17, 15) is 14.7 Å². The highest BCUT2D eigenvalue weighted by Crippen LogP contribution is 2.69. The number of carbonyl (C=O) groups excluding carboxylic acids is 2. The highest BCUT2D eigenvalue weighted by atomic mass is 32.2. The topological polar surface area (TPSA) is 85.7 Å². The summed E-state index contributed by atoms with van der Waals surface area (Å²) in [5.41, 5.74) is -0.807. The van der Waals surface area contributed by atoms with Crippen molar-refractivity contribution in [3.63, 3.8) is 0 Å². The van der Waals surface area contributed by atoms with Gasteiger partial charge in [0, 0.05) is 22.9 Å². The molecule has 1 aromatic rings. The second-order valence-corrected chi connectivity index (χ2v) is 13.0. The number of aliphatic hydroxyl groups excluding tert-OH is 1. The van der Waals surface area contributed by atoms with Gasteiger partial charge in [-0.3, -0.25) is 9.59 Å². The van der Waals surface area contributed by atoms with E-state index in [1.165, 1.54) is 11.8 Å². The summed E-state index contributed by atoms with van der Waals surface area (Å²) in [7, 11) is 0. The van der Waals surface area contributed by atoms with Crippen molar-refractivity contribution in [2.24, 2.45) is 28.6 Å². The van der Waals surface area contributed by atoms with E-state index in [4.69, 9.17) is 9.47 Å². The Morgan fingerprint density at radius 2 is 2.14 bits per heavy atom. The minimum Gasteiger partial charge on any atom is -0.393 e. The summed E-state index contributed by atoms with van der Waals surface area (Å²) in [5.74, 6) is 0.780. The van der Waals surface area contributed by atoms with Gasteiger partial charge in [-0.05, 0) is 68.2 Å². The summed E-state index contributed by atoms with van der Waals surface area (Å²) < 4.78 is 13.2. The van der Waals surface area contributed by atoms with Crippen LogP contribution < -0.4 is 0 Å². The first-order chi connectivity index (χ1) is 17.7. The number of ketones is 2. The second kappa shape index (κ2) is 9.15. The van der Waals surface area contributed by atoms with Crippen LogP contribution in [-0.2, 0) is 19.1 Å². The van der Waals surface area contributed by atoms with Crippen LogP contribution in [0.5, 0.6) is 0 Å². The molecule has 6 nitrogen and oxygen atoms in total. The molecule has 0 amide bonds.